The molecule has 0 aliphatic heterocycles. The van der Waals surface area contributed by atoms with E-state index >= 15 is 0 Å². The Kier molecular flexibility index (Phi) is 4.39. The molecule has 1 saturated carbocycles. The fraction of sp³-hybridized carbons (Fsp3) is 0.600. The second-order valence-electron chi connectivity index (χ2n) is 6.00. The summed E-state index contributed by atoms with van der Waals surface area (Å²) in [6, 6.07) is 6.00. The van der Waals surface area contributed by atoms with Gasteiger partial charge >= 0.3 is 0 Å². The van der Waals surface area contributed by atoms with Gasteiger partial charge in [-0.25, -0.2) is 13.1 Å². The van der Waals surface area contributed by atoms with Crippen LogP contribution in [-0.4, -0.2) is 21.5 Å². The van der Waals surface area contributed by atoms with Crippen molar-refractivity contribution in [1.29, 1.82) is 0 Å². The summed E-state index contributed by atoms with van der Waals surface area (Å²) < 4.78 is 26.3. The van der Waals surface area contributed by atoms with Gasteiger partial charge in [-0.2, -0.15) is 0 Å². The van der Waals surface area contributed by atoms with Crippen molar-refractivity contribution in [2.45, 2.75) is 44.6 Å². The molecule has 0 unspecified atom stereocenters. The second kappa shape index (κ2) is 5.74. The zero-order valence-corrected chi connectivity index (χ0v) is 13.4. The van der Waals surface area contributed by atoms with Crippen molar-refractivity contribution in [3.8, 4) is 0 Å². The van der Waals surface area contributed by atoms with E-state index in [1.807, 2.05) is 19.1 Å². The normalized spacial score (nSPS) is 22.6. The molecular weight excluding hydrogens is 272 g/mol. The van der Waals surface area contributed by atoms with E-state index in [4.69, 9.17) is 0 Å². The summed E-state index contributed by atoms with van der Waals surface area (Å²) in [6.45, 7) is 6.32. The van der Waals surface area contributed by atoms with Crippen LogP contribution in [0.1, 0.15) is 32.3 Å². The van der Waals surface area contributed by atoms with E-state index in [1.54, 1.807) is 6.07 Å². The molecule has 1 aromatic carbocycles. The molecule has 4 nitrogen and oxygen atoms in total. The molecule has 0 spiro atoms. The molecule has 1 aliphatic rings. The van der Waals surface area contributed by atoms with Crippen molar-refractivity contribution in [3.05, 3.63) is 23.8 Å². The zero-order valence-electron chi connectivity index (χ0n) is 12.6. The lowest BCUT2D eigenvalue weighted by Crippen LogP contribution is -2.37. The van der Waals surface area contributed by atoms with Crippen LogP contribution in [0.2, 0.25) is 0 Å². The number of nitrogens with one attached hydrogen (secondary N) is 2. The average Bonchev–Trinajstić information content (AvgIpc) is 2.34. The third kappa shape index (κ3) is 3.15. The van der Waals surface area contributed by atoms with Crippen LogP contribution < -0.4 is 10.0 Å². The summed E-state index contributed by atoms with van der Waals surface area (Å²) in [4.78, 5) is 0.352. The Hall–Kier alpha value is -1.07. The topological polar surface area (TPSA) is 58.2 Å². The predicted octanol–water partition coefficient (Wildman–Crippen LogP) is 2.75. The summed E-state index contributed by atoms with van der Waals surface area (Å²) >= 11 is 0. The van der Waals surface area contributed by atoms with E-state index < -0.39 is 10.0 Å². The highest BCUT2D eigenvalue weighted by Crippen LogP contribution is 2.35. The fourth-order valence-corrected chi connectivity index (χ4v) is 3.64. The minimum Gasteiger partial charge on any atom is -0.382 e. The number of anilines is 1. The van der Waals surface area contributed by atoms with Gasteiger partial charge in [0.05, 0.1) is 4.90 Å². The van der Waals surface area contributed by atoms with Crippen LogP contribution in [0.3, 0.4) is 0 Å². The number of hydrogen-bond acceptors (Lipinski definition) is 3. The second-order valence-corrected chi connectivity index (χ2v) is 7.86. The highest BCUT2D eigenvalue weighted by molar-refractivity contribution is 7.89. The van der Waals surface area contributed by atoms with E-state index in [1.165, 1.54) is 19.9 Å². The Morgan fingerprint density at radius 1 is 1.25 bits per heavy atom. The predicted molar refractivity (Wildman–Crippen MR) is 82.4 cm³/mol. The number of sulfonamides is 1. The number of aryl methyl sites for hydroxylation is 1. The first kappa shape index (κ1) is 15.3. The first-order valence-electron chi connectivity index (χ1n) is 7.14. The zero-order chi connectivity index (χ0) is 14.9. The van der Waals surface area contributed by atoms with Crippen LogP contribution in [0.25, 0.3) is 0 Å². The van der Waals surface area contributed by atoms with E-state index in [-0.39, 0.29) is 0 Å². The number of hydrogen-bond donors (Lipinski definition) is 2. The number of benzene rings is 1. The Labute approximate surface area is 122 Å². The molecule has 5 heteroatoms. The monoisotopic (exact) mass is 296 g/mol. The van der Waals surface area contributed by atoms with Crippen LogP contribution in [-0.2, 0) is 10.0 Å². The quantitative estimate of drug-likeness (QED) is 0.878. The molecule has 0 amide bonds. The van der Waals surface area contributed by atoms with Gasteiger partial charge in [0.1, 0.15) is 0 Å². The van der Waals surface area contributed by atoms with E-state index in [0.29, 0.717) is 10.9 Å². The Morgan fingerprint density at radius 3 is 2.45 bits per heavy atom. The molecule has 2 rings (SSSR count). The lowest BCUT2D eigenvalue weighted by molar-refractivity contribution is 0.212. The summed E-state index contributed by atoms with van der Waals surface area (Å²) in [5, 5.41) is 3.43. The summed E-state index contributed by atoms with van der Waals surface area (Å²) in [6.07, 6.45) is 2.33. The van der Waals surface area contributed by atoms with Crippen LogP contribution in [0.4, 0.5) is 5.69 Å². The van der Waals surface area contributed by atoms with Crippen LogP contribution in [0.15, 0.2) is 23.1 Å². The van der Waals surface area contributed by atoms with Crippen molar-refractivity contribution in [1.82, 2.24) is 4.72 Å². The van der Waals surface area contributed by atoms with Gasteiger partial charge in [-0.05, 0) is 56.3 Å². The smallest absolute Gasteiger partial charge is 0.240 e. The largest absolute Gasteiger partial charge is 0.382 e. The van der Waals surface area contributed by atoms with Gasteiger partial charge in [-0.15, -0.1) is 0 Å². The Balaban J connectivity index is 2.10. The first-order chi connectivity index (χ1) is 9.33. The van der Waals surface area contributed by atoms with Crippen molar-refractivity contribution >= 4 is 15.7 Å². The van der Waals surface area contributed by atoms with Crippen molar-refractivity contribution < 1.29 is 8.42 Å². The molecule has 0 saturated heterocycles. The van der Waals surface area contributed by atoms with Gasteiger partial charge in [0, 0.05) is 11.7 Å². The molecule has 0 atom stereocenters. The summed E-state index contributed by atoms with van der Waals surface area (Å²) in [5.74, 6) is 1.52. The van der Waals surface area contributed by atoms with Gasteiger partial charge in [0.15, 0.2) is 0 Å². The van der Waals surface area contributed by atoms with Gasteiger partial charge in [-0.3, -0.25) is 0 Å². The Morgan fingerprint density at radius 2 is 1.90 bits per heavy atom. The number of rotatable bonds is 5. The lowest BCUT2D eigenvalue weighted by Gasteiger charge is -2.39. The highest BCUT2D eigenvalue weighted by atomic mass is 32.2. The average molecular weight is 296 g/mol. The van der Waals surface area contributed by atoms with Crippen molar-refractivity contribution in [3.63, 3.8) is 0 Å². The molecule has 0 radical (unpaired) electrons. The minimum atomic E-state index is -3.39. The van der Waals surface area contributed by atoms with Crippen molar-refractivity contribution in [2.75, 3.05) is 12.4 Å². The maximum atomic E-state index is 11.9. The van der Waals surface area contributed by atoms with E-state index in [9.17, 15) is 8.42 Å². The third-order valence-electron chi connectivity index (χ3n) is 4.23. The summed E-state index contributed by atoms with van der Waals surface area (Å²) in [7, 11) is -1.95. The first-order valence-corrected chi connectivity index (χ1v) is 8.62. The van der Waals surface area contributed by atoms with Crippen LogP contribution >= 0.6 is 0 Å². The van der Waals surface area contributed by atoms with Gasteiger partial charge < -0.3 is 5.32 Å². The Bertz CT molecular complexity index is 576. The molecule has 112 valence electrons. The maximum absolute atomic E-state index is 11.9. The molecule has 0 aromatic heterocycles. The fourth-order valence-electron chi connectivity index (χ4n) is 2.65. The standard InChI is InChI=1S/C15H24N2O2S/c1-10(2)12-7-14(8-12)17-13-6-5-11(3)15(9-13)20(18,19)16-4/h5-6,9-10,12,14,16-17H,7-8H2,1-4H3. The molecule has 20 heavy (non-hydrogen) atoms. The molecule has 1 fully saturated rings. The molecule has 2 N–H and O–H groups in total. The molecular formula is C15H24N2O2S. The SMILES string of the molecule is CNS(=O)(=O)c1cc(NC2CC(C(C)C)C2)ccc1C. The molecule has 0 bridgehead atoms. The highest BCUT2D eigenvalue weighted by Gasteiger charge is 2.31. The van der Waals surface area contributed by atoms with Gasteiger partial charge in [0.25, 0.3) is 0 Å². The lowest BCUT2D eigenvalue weighted by atomic mass is 9.73. The van der Waals surface area contributed by atoms with Gasteiger partial charge in [0.2, 0.25) is 10.0 Å². The third-order valence-corrected chi connectivity index (χ3v) is 5.79. The van der Waals surface area contributed by atoms with Crippen LogP contribution in [0.5, 0.6) is 0 Å². The summed E-state index contributed by atoms with van der Waals surface area (Å²) in [5.41, 5.74) is 1.65. The van der Waals surface area contributed by atoms with E-state index in [2.05, 4.69) is 23.9 Å². The maximum Gasteiger partial charge on any atom is 0.240 e. The van der Waals surface area contributed by atoms with E-state index in [0.717, 1.165) is 23.1 Å². The molecule has 0 heterocycles. The van der Waals surface area contributed by atoms with Crippen LogP contribution in [0, 0.1) is 18.8 Å². The molecule has 1 aliphatic carbocycles. The minimum absolute atomic E-state index is 0.352. The van der Waals surface area contributed by atoms with Crippen molar-refractivity contribution in [2.24, 2.45) is 11.8 Å². The molecule has 1 aromatic rings. The van der Waals surface area contributed by atoms with Gasteiger partial charge in [-0.1, -0.05) is 19.9 Å².